The molecule has 3 aliphatic heterocycles. The topological polar surface area (TPSA) is 81.2 Å². The zero-order valence-electron chi connectivity index (χ0n) is 20.8. The number of ether oxygens (including phenoxy) is 1. The van der Waals surface area contributed by atoms with E-state index in [-0.39, 0.29) is 40.0 Å². The number of aromatic hydroxyl groups is 1. The third-order valence-electron chi connectivity index (χ3n) is 7.59. The molecular weight excluding hydrogens is 485 g/mol. The van der Waals surface area contributed by atoms with Gasteiger partial charge in [-0.25, -0.2) is 9.37 Å². The third kappa shape index (κ3) is 4.53. The smallest absolute Gasteiger partial charge is 0.258 e. The van der Waals surface area contributed by atoms with Gasteiger partial charge < -0.3 is 25.0 Å². The Morgan fingerprint density at radius 3 is 2.83 bits per heavy atom. The first-order valence-electron chi connectivity index (χ1n) is 12.6. The molecule has 194 valence electrons. The zero-order chi connectivity index (χ0) is 25.4. The predicted octanol–water partition coefficient (Wildman–Crippen LogP) is 2.76. The van der Waals surface area contributed by atoms with Gasteiger partial charge in [0.25, 0.3) is 5.91 Å². The predicted molar refractivity (Wildman–Crippen MR) is 137 cm³/mol. The summed E-state index contributed by atoms with van der Waals surface area (Å²) >= 11 is 6.90. The van der Waals surface area contributed by atoms with Crippen molar-refractivity contribution < 1.29 is 19.0 Å². The summed E-state index contributed by atoms with van der Waals surface area (Å²) in [6.45, 7) is 7.92. The molecule has 2 fully saturated rings. The fraction of sp³-hybridized carbons (Fsp3) is 0.538. The van der Waals surface area contributed by atoms with Crippen LogP contribution in [0.4, 0.5) is 10.2 Å². The van der Waals surface area contributed by atoms with Crippen LogP contribution >= 0.6 is 11.6 Å². The van der Waals surface area contributed by atoms with Crippen molar-refractivity contribution in [1.29, 1.82) is 0 Å². The Morgan fingerprint density at radius 1 is 1.25 bits per heavy atom. The van der Waals surface area contributed by atoms with E-state index in [4.69, 9.17) is 21.3 Å². The van der Waals surface area contributed by atoms with E-state index < -0.39 is 5.82 Å². The van der Waals surface area contributed by atoms with Gasteiger partial charge in [-0.05, 0) is 37.5 Å². The van der Waals surface area contributed by atoms with Crippen molar-refractivity contribution in [1.82, 2.24) is 20.1 Å². The number of hydrogen-bond donors (Lipinski definition) is 2. The highest BCUT2D eigenvalue weighted by Crippen LogP contribution is 2.43. The molecule has 1 amide bonds. The normalized spacial score (nSPS) is 22.8. The van der Waals surface area contributed by atoms with Crippen LogP contribution in [0.2, 0.25) is 5.02 Å². The molecule has 0 saturated carbocycles. The molecule has 1 aromatic heterocycles. The Hall–Kier alpha value is -2.46. The van der Waals surface area contributed by atoms with Gasteiger partial charge in [0.05, 0.1) is 28.5 Å². The second-order valence-corrected chi connectivity index (χ2v) is 10.2. The number of fused-ring (bicyclic) bond motifs is 2. The average molecular weight is 518 g/mol. The van der Waals surface area contributed by atoms with Crippen LogP contribution in [0.5, 0.6) is 5.75 Å². The van der Waals surface area contributed by atoms with Crippen LogP contribution in [0, 0.1) is 5.82 Å². The molecule has 2 saturated heterocycles. The van der Waals surface area contributed by atoms with Crippen molar-refractivity contribution in [2.24, 2.45) is 0 Å². The van der Waals surface area contributed by atoms with Gasteiger partial charge in [-0.3, -0.25) is 9.69 Å². The highest BCUT2D eigenvalue weighted by molar-refractivity contribution is 6.34. The minimum atomic E-state index is -0.602. The molecule has 36 heavy (non-hydrogen) atoms. The summed E-state index contributed by atoms with van der Waals surface area (Å²) in [4.78, 5) is 25.3. The van der Waals surface area contributed by atoms with Crippen molar-refractivity contribution in [2.75, 3.05) is 64.4 Å². The number of halogens is 2. The lowest BCUT2D eigenvalue weighted by Crippen LogP contribution is -2.54. The molecule has 2 N–H and O–H groups in total. The van der Waals surface area contributed by atoms with E-state index in [2.05, 4.69) is 22.0 Å². The first-order chi connectivity index (χ1) is 17.4. The van der Waals surface area contributed by atoms with Gasteiger partial charge in [-0.1, -0.05) is 17.7 Å². The zero-order valence-corrected chi connectivity index (χ0v) is 21.5. The van der Waals surface area contributed by atoms with Crippen LogP contribution in [0.25, 0.3) is 11.3 Å². The average Bonchev–Trinajstić information content (AvgIpc) is 3.01. The third-order valence-corrected chi connectivity index (χ3v) is 8.00. The monoisotopic (exact) mass is 517 g/mol. The maximum absolute atomic E-state index is 15.0. The number of anilines is 1. The maximum atomic E-state index is 15.0. The van der Waals surface area contributed by atoms with E-state index in [9.17, 15) is 14.3 Å². The van der Waals surface area contributed by atoms with E-state index in [0.717, 1.165) is 39.1 Å². The van der Waals surface area contributed by atoms with Gasteiger partial charge >= 0.3 is 0 Å². The summed E-state index contributed by atoms with van der Waals surface area (Å²) in [7, 11) is 1.70. The van der Waals surface area contributed by atoms with Crippen LogP contribution in [-0.4, -0.2) is 97.4 Å². The molecule has 0 bridgehead atoms. The molecule has 0 spiro atoms. The Morgan fingerprint density at radius 2 is 2.08 bits per heavy atom. The number of piperazine rings is 2. The fourth-order valence-electron chi connectivity index (χ4n) is 5.69. The number of nitrogens with zero attached hydrogens (tertiary/aromatic N) is 4. The minimum absolute atomic E-state index is 0.0333. The van der Waals surface area contributed by atoms with Crippen molar-refractivity contribution in [2.45, 2.75) is 31.8 Å². The molecule has 2 aromatic rings. The number of carbonyl (C=O) groups is 1. The van der Waals surface area contributed by atoms with Gasteiger partial charge in [-0.15, -0.1) is 0 Å². The van der Waals surface area contributed by atoms with Crippen molar-refractivity contribution in [3.63, 3.8) is 0 Å². The maximum Gasteiger partial charge on any atom is 0.258 e. The Labute approximate surface area is 216 Å². The molecule has 0 aliphatic carbocycles. The number of phenolic OH excluding ortho intramolecular Hbond substituents is 1. The highest BCUT2D eigenvalue weighted by atomic mass is 35.5. The van der Waals surface area contributed by atoms with E-state index in [1.165, 1.54) is 18.2 Å². The van der Waals surface area contributed by atoms with E-state index in [1.807, 2.05) is 4.90 Å². The standard InChI is InChI=1S/C26H33ClFN5O3/c1-16-15-31(12-13-36-2)10-11-32(16)25-21-18(7-6-17-14-29-8-9-33(17)26(21)35)23(27)24(30-25)22-19(28)4-3-5-20(22)34/h3-5,16-17,29,34H,6-15H2,1-2H3/t16-,17-/m0/s1. The number of nitrogens with one attached hydrogen (secondary N) is 1. The fourth-order valence-corrected chi connectivity index (χ4v) is 6.02. The molecule has 5 rings (SSSR count). The highest BCUT2D eigenvalue weighted by Gasteiger charge is 2.39. The van der Waals surface area contributed by atoms with Crippen LogP contribution in [0.15, 0.2) is 18.2 Å². The first kappa shape index (κ1) is 25.2. The number of methoxy groups -OCH3 is 1. The Bertz CT molecular complexity index is 1130. The molecule has 3 aliphatic rings. The lowest BCUT2D eigenvalue weighted by molar-refractivity contribution is 0.0639. The van der Waals surface area contributed by atoms with Gasteiger partial charge in [0, 0.05) is 65.0 Å². The summed E-state index contributed by atoms with van der Waals surface area (Å²) in [6.07, 6.45) is 1.32. The molecule has 8 nitrogen and oxygen atoms in total. The minimum Gasteiger partial charge on any atom is -0.507 e. The van der Waals surface area contributed by atoms with Gasteiger partial charge in [0.2, 0.25) is 0 Å². The second kappa shape index (κ2) is 10.5. The molecule has 4 heterocycles. The lowest BCUT2D eigenvalue weighted by Gasteiger charge is -2.42. The summed E-state index contributed by atoms with van der Waals surface area (Å²) in [5.74, 6) is -0.379. The second-order valence-electron chi connectivity index (χ2n) is 9.82. The van der Waals surface area contributed by atoms with Crippen LogP contribution < -0.4 is 10.2 Å². The summed E-state index contributed by atoms with van der Waals surface area (Å²) in [5.41, 5.74) is 1.35. The van der Waals surface area contributed by atoms with Gasteiger partial charge in [0.1, 0.15) is 17.4 Å². The first-order valence-corrected chi connectivity index (χ1v) is 13.0. The SMILES string of the molecule is COCCN1CCN(c2nc(-c3c(O)cccc3F)c(Cl)c3c2C(=O)N2CCNC[C@@H]2CC3)[C@@H](C)C1. The lowest BCUT2D eigenvalue weighted by atomic mass is 9.98. The van der Waals surface area contributed by atoms with Gasteiger partial charge in [-0.2, -0.15) is 0 Å². The molecule has 10 heteroatoms. The van der Waals surface area contributed by atoms with Crippen LogP contribution in [0.3, 0.4) is 0 Å². The van der Waals surface area contributed by atoms with Crippen molar-refractivity contribution >= 4 is 23.3 Å². The number of pyridine rings is 1. The van der Waals surface area contributed by atoms with Crippen LogP contribution in [-0.2, 0) is 11.2 Å². The van der Waals surface area contributed by atoms with E-state index >= 15 is 0 Å². The largest absolute Gasteiger partial charge is 0.507 e. The number of benzene rings is 1. The Balaban J connectivity index is 1.65. The Kier molecular flexibility index (Phi) is 7.35. The number of hydrogen-bond acceptors (Lipinski definition) is 7. The number of phenols is 1. The molecular formula is C26H33ClFN5O3. The van der Waals surface area contributed by atoms with E-state index in [0.29, 0.717) is 43.1 Å². The number of rotatable bonds is 5. The number of aromatic nitrogens is 1. The summed E-state index contributed by atoms with van der Waals surface area (Å²) in [5, 5.41) is 14.2. The summed E-state index contributed by atoms with van der Waals surface area (Å²) < 4.78 is 20.2. The number of carbonyl (C=O) groups excluding carboxylic acids is 1. The van der Waals surface area contributed by atoms with Crippen molar-refractivity contribution in [3.8, 4) is 17.0 Å². The van der Waals surface area contributed by atoms with E-state index in [1.54, 1.807) is 7.11 Å². The molecule has 2 atom stereocenters. The summed E-state index contributed by atoms with van der Waals surface area (Å²) in [6, 6.07) is 4.28. The molecule has 1 aromatic carbocycles. The van der Waals surface area contributed by atoms with Crippen LogP contribution in [0.1, 0.15) is 29.3 Å². The quantitative estimate of drug-likeness (QED) is 0.631. The molecule has 0 radical (unpaired) electrons. The molecule has 0 unspecified atom stereocenters. The number of amides is 1. The van der Waals surface area contributed by atoms with Gasteiger partial charge in [0.15, 0.2) is 0 Å². The van der Waals surface area contributed by atoms with Crippen molar-refractivity contribution in [3.05, 3.63) is 40.2 Å².